The molecule has 0 fully saturated rings. The fourth-order valence-electron chi connectivity index (χ4n) is 1.59. The fourth-order valence-corrected chi connectivity index (χ4v) is 1.81. The standard InChI is InChI=1S/C12H13ClFN3/c1-8(9-6-15-17(2)7-9)16-12-4-3-10(14)5-11(12)13/h3-8,16H,1-2H3. The maximum Gasteiger partial charge on any atom is 0.124 e. The van der Waals surface area contributed by atoms with Gasteiger partial charge in [0.2, 0.25) is 0 Å². The molecule has 0 aliphatic heterocycles. The van der Waals surface area contributed by atoms with Crippen molar-refractivity contribution in [3.8, 4) is 0 Å². The van der Waals surface area contributed by atoms with Crippen molar-refractivity contribution in [3.05, 3.63) is 47.0 Å². The predicted molar refractivity (Wildman–Crippen MR) is 66.7 cm³/mol. The van der Waals surface area contributed by atoms with Crippen molar-refractivity contribution < 1.29 is 4.39 Å². The van der Waals surface area contributed by atoms with Gasteiger partial charge in [-0.1, -0.05) is 11.6 Å². The number of nitrogens with one attached hydrogen (secondary N) is 1. The highest BCUT2D eigenvalue weighted by Gasteiger charge is 2.09. The maximum atomic E-state index is 12.9. The number of hydrogen-bond donors (Lipinski definition) is 1. The first-order valence-electron chi connectivity index (χ1n) is 5.26. The second-order valence-electron chi connectivity index (χ2n) is 3.94. The molecule has 90 valence electrons. The Morgan fingerprint density at radius 1 is 1.47 bits per heavy atom. The Morgan fingerprint density at radius 2 is 2.24 bits per heavy atom. The van der Waals surface area contributed by atoms with Crippen LogP contribution in [-0.2, 0) is 7.05 Å². The average Bonchev–Trinajstić information content (AvgIpc) is 2.69. The molecule has 0 aliphatic carbocycles. The third kappa shape index (κ3) is 2.77. The average molecular weight is 254 g/mol. The van der Waals surface area contributed by atoms with E-state index < -0.39 is 0 Å². The Labute approximate surface area is 104 Å². The van der Waals surface area contributed by atoms with E-state index in [4.69, 9.17) is 11.6 Å². The number of anilines is 1. The SMILES string of the molecule is CC(Nc1ccc(F)cc1Cl)c1cnn(C)c1. The molecule has 0 amide bonds. The molecule has 0 radical (unpaired) electrons. The number of rotatable bonds is 3. The molecule has 0 aliphatic rings. The van der Waals surface area contributed by atoms with Gasteiger partial charge in [-0.25, -0.2) is 4.39 Å². The molecule has 5 heteroatoms. The molecular weight excluding hydrogens is 241 g/mol. The van der Waals surface area contributed by atoms with Crippen LogP contribution < -0.4 is 5.32 Å². The Morgan fingerprint density at radius 3 is 2.82 bits per heavy atom. The summed E-state index contributed by atoms with van der Waals surface area (Å²) in [7, 11) is 1.86. The first kappa shape index (κ1) is 11.9. The lowest BCUT2D eigenvalue weighted by molar-refractivity contribution is 0.628. The van der Waals surface area contributed by atoms with E-state index in [1.807, 2.05) is 20.2 Å². The lowest BCUT2D eigenvalue weighted by Crippen LogP contribution is -2.06. The second-order valence-corrected chi connectivity index (χ2v) is 4.34. The minimum Gasteiger partial charge on any atom is -0.377 e. The summed E-state index contributed by atoms with van der Waals surface area (Å²) in [5, 5.41) is 7.69. The van der Waals surface area contributed by atoms with Crippen LogP contribution >= 0.6 is 11.6 Å². The molecule has 1 N–H and O–H groups in total. The second kappa shape index (κ2) is 4.75. The summed E-state index contributed by atoms with van der Waals surface area (Å²) in [4.78, 5) is 0. The first-order valence-corrected chi connectivity index (χ1v) is 5.64. The number of benzene rings is 1. The Kier molecular flexibility index (Phi) is 3.33. The van der Waals surface area contributed by atoms with E-state index in [1.54, 1.807) is 16.9 Å². The molecule has 0 saturated heterocycles. The van der Waals surface area contributed by atoms with Gasteiger partial charge in [0, 0.05) is 18.8 Å². The molecule has 1 heterocycles. The van der Waals surface area contributed by atoms with Gasteiger partial charge in [-0.05, 0) is 25.1 Å². The van der Waals surface area contributed by atoms with Crippen molar-refractivity contribution in [2.45, 2.75) is 13.0 Å². The van der Waals surface area contributed by atoms with Crippen LogP contribution in [0.15, 0.2) is 30.6 Å². The highest BCUT2D eigenvalue weighted by molar-refractivity contribution is 6.33. The monoisotopic (exact) mass is 253 g/mol. The van der Waals surface area contributed by atoms with E-state index in [9.17, 15) is 4.39 Å². The number of halogens is 2. The fraction of sp³-hybridized carbons (Fsp3) is 0.250. The molecule has 1 aromatic carbocycles. The molecule has 2 aromatic rings. The Hall–Kier alpha value is -1.55. The number of nitrogens with zero attached hydrogens (tertiary/aromatic N) is 2. The van der Waals surface area contributed by atoms with Gasteiger partial charge in [0.15, 0.2) is 0 Å². The van der Waals surface area contributed by atoms with Gasteiger partial charge in [0.1, 0.15) is 5.82 Å². The summed E-state index contributed by atoms with van der Waals surface area (Å²) in [5.41, 5.74) is 1.76. The van der Waals surface area contributed by atoms with Gasteiger partial charge in [-0.15, -0.1) is 0 Å². The van der Waals surface area contributed by atoms with Crippen molar-refractivity contribution >= 4 is 17.3 Å². The van der Waals surface area contributed by atoms with Crippen LogP contribution in [0.1, 0.15) is 18.5 Å². The Bertz CT molecular complexity index is 524. The van der Waals surface area contributed by atoms with Gasteiger partial charge < -0.3 is 5.32 Å². The molecule has 0 spiro atoms. The summed E-state index contributed by atoms with van der Waals surface area (Å²) in [6.45, 7) is 2.00. The van der Waals surface area contributed by atoms with Crippen molar-refractivity contribution in [1.82, 2.24) is 9.78 Å². The van der Waals surface area contributed by atoms with Gasteiger partial charge >= 0.3 is 0 Å². The minimum absolute atomic E-state index is 0.0617. The molecule has 2 rings (SSSR count). The molecule has 3 nitrogen and oxygen atoms in total. The molecule has 1 aromatic heterocycles. The van der Waals surface area contributed by atoms with E-state index in [0.29, 0.717) is 10.7 Å². The van der Waals surface area contributed by atoms with Crippen molar-refractivity contribution in [2.75, 3.05) is 5.32 Å². The number of aromatic nitrogens is 2. The van der Waals surface area contributed by atoms with Crippen LogP contribution in [0, 0.1) is 5.82 Å². The highest BCUT2D eigenvalue weighted by atomic mass is 35.5. The molecule has 0 saturated carbocycles. The topological polar surface area (TPSA) is 29.9 Å². The third-order valence-corrected chi connectivity index (χ3v) is 2.84. The van der Waals surface area contributed by atoms with Crippen LogP contribution in [0.3, 0.4) is 0 Å². The van der Waals surface area contributed by atoms with E-state index in [2.05, 4.69) is 10.4 Å². The van der Waals surface area contributed by atoms with Gasteiger partial charge in [0.25, 0.3) is 0 Å². The largest absolute Gasteiger partial charge is 0.377 e. The summed E-state index contributed by atoms with van der Waals surface area (Å²) >= 11 is 5.94. The summed E-state index contributed by atoms with van der Waals surface area (Å²) in [5.74, 6) is -0.338. The van der Waals surface area contributed by atoms with Gasteiger partial charge in [0.05, 0.1) is 22.9 Å². The third-order valence-electron chi connectivity index (χ3n) is 2.53. The van der Waals surface area contributed by atoms with Gasteiger partial charge in [-0.3, -0.25) is 4.68 Å². The van der Waals surface area contributed by atoms with Crippen LogP contribution in [0.25, 0.3) is 0 Å². The number of hydrogen-bond acceptors (Lipinski definition) is 2. The van der Waals surface area contributed by atoms with E-state index >= 15 is 0 Å². The van der Waals surface area contributed by atoms with Crippen LogP contribution in [0.2, 0.25) is 5.02 Å². The zero-order valence-electron chi connectivity index (χ0n) is 9.61. The summed E-state index contributed by atoms with van der Waals surface area (Å²) in [6.07, 6.45) is 3.71. The molecular formula is C12H13ClFN3. The molecule has 17 heavy (non-hydrogen) atoms. The van der Waals surface area contributed by atoms with E-state index in [1.165, 1.54) is 12.1 Å². The van der Waals surface area contributed by atoms with Crippen LogP contribution in [0.4, 0.5) is 10.1 Å². The van der Waals surface area contributed by atoms with E-state index in [0.717, 1.165) is 5.56 Å². The molecule has 1 atom stereocenters. The molecule has 1 unspecified atom stereocenters. The first-order chi connectivity index (χ1) is 8.06. The van der Waals surface area contributed by atoms with Crippen molar-refractivity contribution in [3.63, 3.8) is 0 Å². The maximum absolute atomic E-state index is 12.9. The van der Waals surface area contributed by atoms with Gasteiger partial charge in [-0.2, -0.15) is 5.10 Å². The predicted octanol–water partition coefficient (Wildman–Crippen LogP) is 3.39. The lowest BCUT2D eigenvalue weighted by Gasteiger charge is -2.14. The van der Waals surface area contributed by atoms with Crippen molar-refractivity contribution in [2.24, 2.45) is 7.05 Å². The van der Waals surface area contributed by atoms with Crippen molar-refractivity contribution in [1.29, 1.82) is 0 Å². The summed E-state index contributed by atoms with van der Waals surface area (Å²) < 4.78 is 14.6. The number of aryl methyl sites for hydroxylation is 1. The van der Waals surface area contributed by atoms with Crippen LogP contribution in [0.5, 0.6) is 0 Å². The summed E-state index contributed by atoms with van der Waals surface area (Å²) in [6, 6.07) is 4.36. The lowest BCUT2D eigenvalue weighted by atomic mass is 10.2. The smallest absolute Gasteiger partial charge is 0.124 e. The van der Waals surface area contributed by atoms with E-state index in [-0.39, 0.29) is 11.9 Å². The zero-order chi connectivity index (χ0) is 12.4. The Balaban J connectivity index is 2.15. The zero-order valence-corrected chi connectivity index (χ0v) is 10.4. The minimum atomic E-state index is -0.338. The van der Waals surface area contributed by atoms with Crippen LogP contribution in [-0.4, -0.2) is 9.78 Å². The quantitative estimate of drug-likeness (QED) is 0.909. The highest BCUT2D eigenvalue weighted by Crippen LogP contribution is 2.26. The normalized spacial score (nSPS) is 12.5. The molecule has 0 bridgehead atoms.